The summed E-state index contributed by atoms with van der Waals surface area (Å²) in [5, 5.41) is 0. The van der Waals surface area contributed by atoms with E-state index in [0.29, 0.717) is 0 Å². The third-order valence-electron chi connectivity index (χ3n) is 3.85. The summed E-state index contributed by atoms with van der Waals surface area (Å²) < 4.78 is 9.33. The SMILES string of the molecule is Cc1nc(N2CCOCC2)c2sc(=S)n(-c3ccccc3)c2n1. The van der Waals surface area contributed by atoms with Gasteiger partial charge in [0.15, 0.2) is 15.4 Å². The van der Waals surface area contributed by atoms with E-state index in [2.05, 4.69) is 14.9 Å². The largest absolute Gasteiger partial charge is 0.378 e. The van der Waals surface area contributed by atoms with Gasteiger partial charge in [-0.3, -0.25) is 4.57 Å². The number of benzene rings is 1. The Bertz CT molecular complexity index is 898. The number of thiazole rings is 1. The molecule has 118 valence electrons. The first-order valence-electron chi connectivity index (χ1n) is 7.52. The van der Waals surface area contributed by atoms with E-state index in [1.165, 1.54) is 0 Å². The van der Waals surface area contributed by atoms with Crippen molar-refractivity contribution >= 4 is 39.7 Å². The average molecular weight is 344 g/mol. The molecule has 0 saturated carbocycles. The average Bonchev–Trinajstić information content (AvgIpc) is 2.91. The van der Waals surface area contributed by atoms with E-state index in [1.54, 1.807) is 11.3 Å². The molecule has 3 heterocycles. The van der Waals surface area contributed by atoms with Crippen LogP contribution in [0, 0.1) is 10.9 Å². The standard InChI is InChI=1S/C16H16N4OS2/c1-11-17-14(19-7-9-21-10-8-19)13-15(18-11)20(16(22)23-13)12-5-3-2-4-6-12/h2-6H,7-10H2,1H3. The fourth-order valence-corrected chi connectivity index (χ4v) is 4.18. The molecule has 0 amide bonds. The second kappa shape index (κ2) is 5.99. The van der Waals surface area contributed by atoms with E-state index in [0.717, 1.165) is 57.9 Å². The van der Waals surface area contributed by atoms with Gasteiger partial charge in [-0.15, -0.1) is 0 Å². The van der Waals surface area contributed by atoms with Crippen LogP contribution in [0.2, 0.25) is 0 Å². The van der Waals surface area contributed by atoms with E-state index in [-0.39, 0.29) is 0 Å². The number of aryl methyl sites for hydroxylation is 1. The van der Waals surface area contributed by atoms with Crippen LogP contribution >= 0.6 is 23.6 Å². The predicted octanol–water partition coefficient (Wildman–Crippen LogP) is 3.36. The summed E-state index contributed by atoms with van der Waals surface area (Å²) in [6.45, 7) is 5.09. The number of hydrogen-bond acceptors (Lipinski definition) is 6. The molecule has 1 saturated heterocycles. The summed E-state index contributed by atoms with van der Waals surface area (Å²) in [7, 11) is 0. The van der Waals surface area contributed by atoms with Crippen LogP contribution in [0.4, 0.5) is 5.82 Å². The molecule has 0 radical (unpaired) electrons. The molecule has 4 rings (SSSR count). The molecule has 0 spiro atoms. The highest BCUT2D eigenvalue weighted by atomic mass is 32.1. The van der Waals surface area contributed by atoms with Gasteiger partial charge in [-0.2, -0.15) is 0 Å². The molecule has 0 bridgehead atoms. The zero-order valence-electron chi connectivity index (χ0n) is 12.7. The van der Waals surface area contributed by atoms with Crippen LogP contribution in [0.15, 0.2) is 30.3 Å². The molecular formula is C16H16N4OS2. The van der Waals surface area contributed by atoms with Gasteiger partial charge in [0.1, 0.15) is 10.5 Å². The lowest BCUT2D eigenvalue weighted by atomic mass is 10.3. The molecule has 23 heavy (non-hydrogen) atoms. The number of morpholine rings is 1. The Labute approximate surface area is 143 Å². The topological polar surface area (TPSA) is 43.2 Å². The second-order valence-electron chi connectivity index (χ2n) is 5.39. The van der Waals surface area contributed by atoms with Crippen LogP contribution in [0.1, 0.15) is 5.82 Å². The number of nitrogens with zero attached hydrogens (tertiary/aromatic N) is 4. The Morgan fingerprint density at radius 1 is 1.13 bits per heavy atom. The molecule has 1 aliphatic heterocycles. The summed E-state index contributed by atoms with van der Waals surface area (Å²) in [5.74, 6) is 1.73. The Hall–Kier alpha value is -1.83. The van der Waals surface area contributed by atoms with Gasteiger partial charge in [0, 0.05) is 18.8 Å². The van der Waals surface area contributed by atoms with E-state index in [9.17, 15) is 0 Å². The highest BCUT2D eigenvalue weighted by molar-refractivity contribution is 7.73. The lowest BCUT2D eigenvalue weighted by Crippen LogP contribution is -2.37. The highest BCUT2D eigenvalue weighted by Crippen LogP contribution is 2.32. The minimum absolute atomic E-state index is 0.731. The van der Waals surface area contributed by atoms with E-state index in [4.69, 9.17) is 17.0 Å². The second-order valence-corrected chi connectivity index (χ2v) is 7.03. The predicted molar refractivity (Wildman–Crippen MR) is 95.3 cm³/mol. The van der Waals surface area contributed by atoms with Crippen LogP contribution in [0.25, 0.3) is 16.0 Å². The van der Waals surface area contributed by atoms with Crippen molar-refractivity contribution in [3.8, 4) is 5.69 Å². The number of hydrogen-bond donors (Lipinski definition) is 0. The lowest BCUT2D eigenvalue weighted by Gasteiger charge is -2.28. The first-order valence-corrected chi connectivity index (χ1v) is 8.75. The van der Waals surface area contributed by atoms with Gasteiger partial charge in [-0.25, -0.2) is 9.97 Å². The number of rotatable bonds is 2. The maximum Gasteiger partial charge on any atom is 0.168 e. The van der Waals surface area contributed by atoms with Crippen molar-refractivity contribution in [2.45, 2.75) is 6.92 Å². The van der Waals surface area contributed by atoms with Gasteiger partial charge < -0.3 is 9.64 Å². The van der Waals surface area contributed by atoms with Crippen LogP contribution in [-0.2, 0) is 4.74 Å². The molecule has 1 aromatic carbocycles. The van der Waals surface area contributed by atoms with Gasteiger partial charge in [-0.05, 0) is 31.3 Å². The highest BCUT2D eigenvalue weighted by Gasteiger charge is 2.20. The molecule has 1 fully saturated rings. The third kappa shape index (κ3) is 2.65. The van der Waals surface area contributed by atoms with Crippen molar-refractivity contribution in [3.63, 3.8) is 0 Å². The van der Waals surface area contributed by atoms with Crippen molar-refractivity contribution < 1.29 is 4.74 Å². The maximum atomic E-state index is 5.61. The zero-order chi connectivity index (χ0) is 15.8. The summed E-state index contributed by atoms with van der Waals surface area (Å²) in [4.78, 5) is 11.6. The number of aromatic nitrogens is 3. The molecule has 1 aliphatic rings. The Kier molecular flexibility index (Phi) is 3.84. The number of fused-ring (bicyclic) bond motifs is 1. The molecule has 0 aliphatic carbocycles. The quantitative estimate of drug-likeness (QED) is 0.667. The van der Waals surface area contributed by atoms with Crippen molar-refractivity contribution in [1.82, 2.24) is 14.5 Å². The van der Waals surface area contributed by atoms with Crippen molar-refractivity contribution in [2.24, 2.45) is 0 Å². The minimum atomic E-state index is 0.731. The maximum absolute atomic E-state index is 5.61. The Balaban J connectivity index is 1.95. The van der Waals surface area contributed by atoms with Crippen LogP contribution in [0.3, 0.4) is 0 Å². The van der Waals surface area contributed by atoms with Gasteiger partial charge in [0.05, 0.1) is 13.2 Å². The molecule has 2 aromatic heterocycles. The molecule has 3 aromatic rings. The fraction of sp³-hybridized carbons (Fsp3) is 0.312. The molecule has 0 N–H and O–H groups in total. The monoisotopic (exact) mass is 344 g/mol. The molecule has 7 heteroatoms. The molecular weight excluding hydrogens is 328 g/mol. The number of ether oxygens (including phenoxy) is 1. The van der Waals surface area contributed by atoms with Crippen molar-refractivity contribution in [1.29, 1.82) is 0 Å². The first kappa shape index (κ1) is 14.7. The fourth-order valence-electron chi connectivity index (χ4n) is 2.79. The van der Waals surface area contributed by atoms with Gasteiger partial charge in [-0.1, -0.05) is 29.5 Å². The summed E-state index contributed by atoms with van der Waals surface area (Å²) in [5.41, 5.74) is 1.93. The number of para-hydroxylation sites is 1. The minimum Gasteiger partial charge on any atom is -0.378 e. The van der Waals surface area contributed by atoms with E-state index in [1.807, 2.05) is 41.8 Å². The number of anilines is 1. The van der Waals surface area contributed by atoms with Crippen LogP contribution < -0.4 is 4.90 Å². The first-order chi connectivity index (χ1) is 11.2. The Morgan fingerprint density at radius 2 is 1.87 bits per heavy atom. The summed E-state index contributed by atoms with van der Waals surface area (Å²) >= 11 is 7.18. The Morgan fingerprint density at radius 3 is 2.61 bits per heavy atom. The third-order valence-corrected chi connectivity index (χ3v) is 5.21. The van der Waals surface area contributed by atoms with Crippen molar-refractivity contribution in [3.05, 3.63) is 40.1 Å². The van der Waals surface area contributed by atoms with Gasteiger partial charge >= 0.3 is 0 Å². The molecule has 5 nitrogen and oxygen atoms in total. The summed E-state index contributed by atoms with van der Waals surface area (Å²) in [6, 6.07) is 10.1. The zero-order valence-corrected chi connectivity index (χ0v) is 14.4. The molecule has 0 atom stereocenters. The van der Waals surface area contributed by atoms with Crippen LogP contribution in [0.5, 0.6) is 0 Å². The smallest absolute Gasteiger partial charge is 0.168 e. The lowest BCUT2D eigenvalue weighted by molar-refractivity contribution is 0.122. The van der Waals surface area contributed by atoms with Gasteiger partial charge in [0.25, 0.3) is 0 Å². The van der Waals surface area contributed by atoms with Crippen molar-refractivity contribution in [2.75, 3.05) is 31.2 Å². The normalized spacial score (nSPS) is 15.3. The van der Waals surface area contributed by atoms with E-state index < -0.39 is 0 Å². The van der Waals surface area contributed by atoms with Gasteiger partial charge in [0.2, 0.25) is 0 Å². The molecule has 0 unspecified atom stereocenters. The van der Waals surface area contributed by atoms with E-state index >= 15 is 0 Å². The summed E-state index contributed by atoms with van der Waals surface area (Å²) in [6.07, 6.45) is 0. The van der Waals surface area contributed by atoms with Crippen LogP contribution in [-0.4, -0.2) is 40.8 Å².